The number of carbonyl (C=O) groups excluding carboxylic acids is 1. The van der Waals surface area contributed by atoms with Crippen molar-refractivity contribution in [3.05, 3.63) is 33.5 Å². The Morgan fingerprint density at radius 3 is 2.62 bits per heavy atom. The predicted octanol–water partition coefficient (Wildman–Crippen LogP) is 2.24. The molecule has 1 heterocycles. The van der Waals surface area contributed by atoms with E-state index >= 15 is 0 Å². The summed E-state index contributed by atoms with van der Waals surface area (Å²) < 4.78 is 37.8. The lowest BCUT2D eigenvalue weighted by atomic mass is 10.3. The average Bonchev–Trinajstić information content (AvgIpc) is 3.03. The third-order valence-electron chi connectivity index (χ3n) is 3.45. The summed E-state index contributed by atoms with van der Waals surface area (Å²) in [5.74, 6) is 5.26. The van der Waals surface area contributed by atoms with Gasteiger partial charge in [-0.15, -0.1) is 11.3 Å². The lowest BCUT2D eigenvalue weighted by Crippen LogP contribution is -2.32. The molecule has 0 spiro atoms. The number of nitrogens with two attached hydrogens (primary N) is 1. The molecule has 0 saturated heterocycles. The number of amides is 1. The van der Waals surface area contributed by atoms with Gasteiger partial charge in [0.15, 0.2) is 11.5 Å². The van der Waals surface area contributed by atoms with Crippen LogP contribution in [0.2, 0.25) is 4.34 Å². The van der Waals surface area contributed by atoms with Crippen molar-refractivity contribution < 1.29 is 22.7 Å². The average molecular weight is 420 g/mol. The van der Waals surface area contributed by atoms with Gasteiger partial charge < -0.3 is 9.47 Å². The van der Waals surface area contributed by atoms with Crippen LogP contribution in [0.3, 0.4) is 0 Å². The number of hydrogen-bond acceptors (Lipinski definition) is 7. The van der Waals surface area contributed by atoms with Crippen molar-refractivity contribution in [2.75, 3.05) is 25.1 Å². The van der Waals surface area contributed by atoms with Crippen molar-refractivity contribution >= 4 is 44.6 Å². The third-order valence-corrected chi connectivity index (χ3v) is 6.66. The van der Waals surface area contributed by atoms with Crippen molar-refractivity contribution in [3.8, 4) is 11.5 Å². The van der Waals surface area contributed by atoms with E-state index in [-0.39, 0.29) is 14.1 Å². The van der Waals surface area contributed by atoms with Gasteiger partial charge >= 0.3 is 0 Å². The van der Waals surface area contributed by atoms with Crippen LogP contribution in [0.25, 0.3) is 0 Å². The molecular weight excluding hydrogens is 402 g/mol. The van der Waals surface area contributed by atoms with E-state index in [1.54, 1.807) is 12.1 Å². The molecule has 26 heavy (non-hydrogen) atoms. The molecule has 1 aromatic heterocycles. The van der Waals surface area contributed by atoms with Gasteiger partial charge in [0.1, 0.15) is 9.77 Å². The Morgan fingerprint density at radius 2 is 2.04 bits per heavy atom. The minimum absolute atomic E-state index is 0.0951. The fourth-order valence-corrected chi connectivity index (χ4v) is 5.06. The fourth-order valence-electron chi connectivity index (χ4n) is 2.17. The maximum atomic E-state index is 13.0. The van der Waals surface area contributed by atoms with Crippen molar-refractivity contribution in [3.63, 3.8) is 0 Å². The van der Waals surface area contributed by atoms with Gasteiger partial charge in [0.2, 0.25) is 0 Å². The van der Waals surface area contributed by atoms with Crippen LogP contribution < -0.4 is 25.0 Å². The molecule has 0 fully saturated rings. The molecule has 0 aliphatic carbocycles. The van der Waals surface area contributed by atoms with E-state index in [2.05, 4.69) is 0 Å². The molecule has 2 rings (SSSR count). The second-order valence-corrected chi connectivity index (χ2v) is 8.58. The molecule has 0 aliphatic heterocycles. The number of anilines is 1. The number of carbonyl (C=O) groups is 1. The summed E-state index contributed by atoms with van der Waals surface area (Å²) in [7, 11) is -1.24. The Labute approximate surface area is 160 Å². The number of halogens is 1. The highest BCUT2D eigenvalue weighted by Gasteiger charge is 2.30. The lowest BCUT2D eigenvalue weighted by molar-refractivity contribution is 0.0954. The zero-order valence-corrected chi connectivity index (χ0v) is 16.7. The van der Waals surface area contributed by atoms with E-state index in [1.807, 2.05) is 12.3 Å². The van der Waals surface area contributed by atoms with E-state index in [0.717, 1.165) is 15.6 Å². The highest BCUT2D eigenvalue weighted by atomic mass is 35.5. The Hall–Kier alpha value is -2.01. The van der Waals surface area contributed by atoms with Crippen molar-refractivity contribution in [1.29, 1.82) is 0 Å². The number of benzene rings is 1. The maximum Gasteiger partial charge on any atom is 0.276 e. The molecule has 2 aromatic rings. The van der Waals surface area contributed by atoms with Crippen LogP contribution in [0, 0.1) is 0 Å². The summed E-state index contributed by atoms with van der Waals surface area (Å²) in [6.07, 6.45) is 0. The van der Waals surface area contributed by atoms with Gasteiger partial charge in [0.25, 0.3) is 15.9 Å². The molecular formula is C15H18ClN3O5S2. The molecule has 1 aromatic carbocycles. The maximum absolute atomic E-state index is 13.0. The Kier molecular flexibility index (Phi) is 6.34. The highest BCUT2D eigenvalue weighted by molar-refractivity contribution is 7.93. The zero-order valence-electron chi connectivity index (χ0n) is 14.3. The summed E-state index contributed by atoms with van der Waals surface area (Å²) in [6, 6.07) is 5.92. The SMILES string of the molecule is CCOc1ccc(N(C)S(=O)(=O)c2cc(Cl)sc2C(=O)NN)cc1OC. The van der Waals surface area contributed by atoms with Crippen molar-refractivity contribution in [2.24, 2.45) is 5.84 Å². The van der Waals surface area contributed by atoms with Crippen LogP contribution in [0.4, 0.5) is 5.69 Å². The molecule has 3 N–H and O–H groups in total. The smallest absolute Gasteiger partial charge is 0.276 e. The monoisotopic (exact) mass is 419 g/mol. The molecule has 142 valence electrons. The van der Waals surface area contributed by atoms with Crippen LogP contribution in [0.1, 0.15) is 16.6 Å². The number of nitrogen functional groups attached to an aromatic ring is 1. The first-order valence-corrected chi connectivity index (χ1v) is 9.99. The van der Waals surface area contributed by atoms with Gasteiger partial charge in [-0.3, -0.25) is 14.5 Å². The number of rotatable bonds is 7. The third kappa shape index (κ3) is 3.88. The molecule has 0 unspecified atom stereocenters. The van der Waals surface area contributed by atoms with Gasteiger partial charge in [-0.25, -0.2) is 14.3 Å². The normalized spacial score (nSPS) is 11.1. The van der Waals surface area contributed by atoms with Gasteiger partial charge in [-0.1, -0.05) is 11.6 Å². The van der Waals surface area contributed by atoms with E-state index < -0.39 is 15.9 Å². The first-order chi connectivity index (χ1) is 12.3. The standard InChI is InChI=1S/C15H18ClN3O5S2/c1-4-24-10-6-5-9(7-11(10)23-3)19(2)26(21,22)12-8-13(16)25-14(12)15(20)18-17/h5-8H,4,17H2,1-3H3,(H,18,20). The van der Waals surface area contributed by atoms with E-state index in [9.17, 15) is 13.2 Å². The van der Waals surface area contributed by atoms with Gasteiger partial charge in [0, 0.05) is 13.1 Å². The van der Waals surface area contributed by atoms with E-state index in [0.29, 0.717) is 23.8 Å². The van der Waals surface area contributed by atoms with Gasteiger partial charge in [-0.2, -0.15) is 0 Å². The second kappa shape index (κ2) is 8.12. The van der Waals surface area contributed by atoms with Crippen LogP contribution in [-0.4, -0.2) is 35.1 Å². The largest absolute Gasteiger partial charge is 0.493 e. The number of nitrogens with zero attached hydrogens (tertiary/aromatic N) is 1. The first kappa shape index (κ1) is 20.3. The molecule has 11 heteroatoms. The van der Waals surface area contributed by atoms with Gasteiger partial charge in [-0.05, 0) is 25.1 Å². The quantitative estimate of drug-likeness (QED) is 0.404. The van der Waals surface area contributed by atoms with E-state index in [1.165, 1.54) is 26.3 Å². The number of hydrogen-bond donors (Lipinski definition) is 2. The number of hydrazine groups is 1. The molecule has 0 atom stereocenters. The summed E-state index contributed by atoms with van der Waals surface area (Å²) >= 11 is 6.73. The lowest BCUT2D eigenvalue weighted by Gasteiger charge is -2.21. The molecule has 0 saturated carbocycles. The second-order valence-electron chi connectivity index (χ2n) is 4.96. The molecule has 0 bridgehead atoms. The molecule has 0 aliphatic rings. The zero-order chi connectivity index (χ0) is 19.5. The summed E-state index contributed by atoms with van der Waals surface area (Å²) in [5.41, 5.74) is 2.24. The van der Waals surface area contributed by atoms with Crippen LogP contribution >= 0.6 is 22.9 Å². The van der Waals surface area contributed by atoms with Crippen molar-refractivity contribution in [2.45, 2.75) is 11.8 Å². The summed E-state index contributed by atoms with van der Waals surface area (Å²) in [4.78, 5) is 11.5. The highest BCUT2D eigenvalue weighted by Crippen LogP contribution is 2.36. The van der Waals surface area contributed by atoms with Crippen LogP contribution in [-0.2, 0) is 10.0 Å². The Balaban J connectivity index is 2.49. The van der Waals surface area contributed by atoms with Crippen LogP contribution in [0.15, 0.2) is 29.2 Å². The number of ether oxygens (including phenoxy) is 2. The van der Waals surface area contributed by atoms with Crippen molar-refractivity contribution in [1.82, 2.24) is 5.43 Å². The van der Waals surface area contributed by atoms with Crippen LogP contribution in [0.5, 0.6) is 11.5 Å². The minimum Gasteiger partial charge on any atom is -0.493 e. The number of thiophene rings is 1. The molecule has 1 amide bonds. The number of sulfonamides is 1. The van der Waals surface area contributed by atoms with E-state index in [4.69, 9.17) is 26.9 Å². The Bertz CT molecular complexity index is 914. The number of methoxy groups -OCH3 is 1. The predicted molar refractivity (Wildman–Crippen MR) is 101 cm³/mol. The van der Waals surface area contributed by atoms with Gasteiger partial charge in [0.05, 0.1) is 23.7 Å². The fraction of sp³-hybridized carbons (Fsp3) is 0.267. The molecule has 0 radical (unpaired) electrons. The number of nitrogens with one attached hydrogen (secondary N) is 1. The Morgan fingerprint density at radius 1 is 1.35 bits per heavy atom. The topological polar surface area (TPSA) is 111 Å². The summed E-state index contributed by atoms with van der Waals surface area (Å²) in [5, 5.41) is 0. The summed E-state index contributed by atoms with van der Waals surface area (Å²) in [6.45, 7) is 2.27. The molecule has 8 nitrogen and oxygen atoms in total. The first-order valence-electron chi connectivity index (χ1n) is 7.36. The minimum atomic E-state index is -4.06.